The van der Waals surface area contributed by atoms with Gasteiger partial charge in [-0.05, 0) is 62.4 Å². The predicted molar refractivity (Wildman–Crippen MR) is 112 cm³/mol. The molecule has 0 radical (unpaired) electrons. The van der Waals surface area contributed by atoms with Crippen LogP contribution in [0.1, 0.15) is 35.1 Å². The van der Waals surface area contributed by atoms with Crippen molar-refractivity contribution in [2.75, 3.05) is 19.8 Å². The Morgan fingerprint density at radius 2 is 1.86 bits per heavy atom. The Balaban J connectivity index is 1.69. The summed E-state index contributed by atoms with van der Waals surface area (Å²) in [4.78, 5) is 14.8. The molecule has 5 heteroatoms. The zero-order valence-electron chi connectivity index (χ0n) is 16.8. The highest BCUT2D eigenvalue weighted by Crippen LogP contribution is 2.25. The second-order valence-corrected chi connectivity index (χ2v) is 7.99. The topological polar surface area (TPSA) is 38.8 Å². The van der Waals surface area contributed by atoms with Gasteiger partial charge in [-0.3, -0.25) is 4.79 Å². The fraction of sp³-hybridized carbons (Fsp3) is 0.435. The highest BCUT2D eigenvalue weighted by Gasteiger charge is 2.23. The van der Waals surface area contributed by atoms with E-state index < -0.39 is 0 Å². The first-order valence-electron chi connectivity index (χ1n) is 9.77. The quantitative estimate of drug-likeness (QED) is 0.665. The predicted octanol–water partition coefficient (Wildman–Crippen LogP) is 4.85. The van der Waals surface area contributed by atoms with Crippen LogP contribution < -0.4 is 4.74 Å². The Hall–Kier alpha value is -2.04. The van der Waals surface area contributed by atoms with Gasteiger partial charge in [0.1, 0.15) is 5.75 Å². The van der Waals surface area contributed by atoms with E-state index in [1.165, 1.54) is 5.56 Å². The molecule has 28 heavy (non-hydrogen) atoms. The number of benzene rings is 2. The van der Waals surface area contributed by atoms with Crippen molar-refractivity contribution in [1.82, 2.24) is 4.90 Å². The zero-order valence-corrected chi connectivity index (χ0v) is 17.6. The number of carbonyl (C=O) groups excluding carboxylic acids is 1. The maximum atomic E-state index is 13.0. The van der Waals surface area contributed by atoms with Crippen LogP contribution in [0.2, 0.25) is 5.02 Å². The third-order valence-corrected chi connectivity index (χ3v) is 5.28. The van der Waals surface area contributed by atoms with E-state index in [1.54, 1.807) is 0 Å². The molecule has 3 rings (SSSR count). The van der Waals surface area contributed by atoms with Gasteiger partial charge in [-0.2, -0.15) is 0 Å². The molecule has 0 aromatic heterocycles. The lowest BCUT2D eigenvalue weighted by atomic mass is 10.1. The number of hydrogen-bond acceptors (Lipinski definition) is 3. The number of nitrogens with zero attached hydrogens (tertiary/aromatic N) is 1. The molecule has 0 bridgehead atoms. The van der Waals surface area contributed by atoms with Gasteiger partial charge in [0.25, 0.3) is 5.91 Å². The lowest BCUT2D eigenvalue weighted by Gasteiger charge is -2.26. The Labute approximate surface area is 172 Å². The first-order valence-corrected chi connectivity index (χ1v) is 10.1. The van der Waals surface area contributed by atoms with Crippen LogP contribution >= 0.6 is 11.6 Å². The van der Waals surface area contributed by atoms with Crippen LogP contribution in [-0.2, 0) is 16.1 Å². The van der Waals surface area contributed by atoms with Crippen LogP contribution in [0.5, 0.6) is 5.75 Å². The van der Waals surface area contributed by atoms with E-state index in [1.807, 2.05) is 43.0 Å². The summed E-state index contributed by atoms with van der Waals surface area (Å²) >= 11 is 5.99. The fourth-order valence-electron chi connectivity index (χ4n) is 3.72. The molecule has 1 amide bonds. The second-order valence-electron chi connectivity index (χ2n) is 7.55. The van der Waals surface area contributed by atoms with E-state index in [0.717, 1.165) is 41.9 Å². The standard InChI is InChI=1S/C23H28ClNO3/c1-16-11-17(2)23(18(3)12-16)28-15-22(26)25(14-21-5-4-10-27-21)13-19-6-8-20(24)9-7-19/h6-9,11-12,21H,4-5,10,13-15H2,1-3H3. The van der Waals surface area contributed by atoms with E-state index in [9.17, 15) is 4.79 Å². The van der Waals surface area contributed by atoms with Gasteiger partial charge in [-0.1, -0.05) is 41.4 Å². The number of amides is 1. The van der Waals surface area contributed by atoms with Crippen molar-refractivity contribution in [3.05, 3.63) is 63.7 Å². The highest BCUT2D eigenvalue weighted by molar-refractivity contribution is 6.30. The molecule has 1 unspecified atom stereocenters. The highest BCUT2D eigenvalue weighted by atomic mass is 35.5. The summed E-state index contributed by atoms with van der Waals surface area (Å²) in [6.07, 6.45) is 2.13. The average Bonchev–Trinajstić information content (AvgIpc) is 3.15. The minimum absolute atomic E-state index is 0.0189. The first-order chi connectivity index (χ1) is 13.4. The van der Waals surface area contributed by atoms with Gasteiger partial charge in [-0.25, -0.2) is 0 Å². The maximum Gasteiger partial charge on any atom is 0.260 e. The van der Waals surface area contributed by atoms with Gasteiger partial charge in [0.05, 0.1) is 6.10 Å². The molecule has 1 atom stereocenters. The Morgan fingerprint density at radius 3 is 2.46 bits per heavy atom. The fourth-order valence-corrected chi connectivity index (χ4v) is 3.84. The molecule has 1 saturated heterocycles. The molecule has 0 N–H and O–H groups in total. The summed E-state index contributed by atoms with van der Waals surface area (Å²) < 4.78 is 11.7. The SMILES string of the molecule is Cc1cc(C)c(OCC(=O)N(Cc2ccc(Cl)cc2)CC2CCCO2)c(C)c1. The second kappa shape index (κ2) is 9.44. The number of rotatable bonds is 7. The monoisotopic (exact) mass is 401 g/mol. The minimum atomic E-state index is -0.0372. The molecule has 0 saturated carbocycles. The molecule has 150 valence electrons. The average molecular weight is 402 g/mol. The van der Waals surface area contributed by atoms with E-state index in [-0.39, 0.29) is 18.6 Å². The summed E-state index contributed by atoms with van der Waals surface area (Å²) in [5.41, 5.74) is 4.33. The molecule has 1 heterocycles. The Bertz CT molecular complexity index is 790. The van der Waals surface area contributed by atoms with Crippen LogP contribution in [0, 0.1) is 20.8 Å². The van der Waals surface area contributed by atoms with Crippen molar-refractivity contribution in [2.45, 2.75) is 46.3 Å². The van der Waals surface area contributed by atoms with Gasteiger partial charge >= 0.3 is 0 Å². The van der Waals surface area contributed by atoms with Gasteiger partial charge in [0, 0.05) is 24.7 Å². The van der Waals surface area contributed by atoms with Crippen LogP contribution in [0.4, 0.5) is 0 Å². The maximum absolute atomic E-state index is 13.0. The largest absolute Gasteiger partial charge is 0.483 e. The smallest absolute Gasteiger partial charge is 0.260 e. The van der Waals surface area contributed by atoms with E-state index in [4.69, 9.17) is 21.1 Å². The van der Waals surface area contributed by atoms with Crippen molar-refractivity contribution in [2.24, 2.45) is 0 Å². The summed E-state index contributed by atoms with van der Waals surface area (Å²) in [6.45, 7) is 7.97. The Morgan fingerprint density at radius 1 is 1.18 bits per heavy atom. The van der Waals surface area contributed by atoms with Gasteiger partial charge < -0.3 is 14.4 Å². The minimum Gasteiger partial charge on any atom is -0.483 e. The van der Waals surface area contributed by atoms with Gasteiger partial charge in [0.15, 0.2) is 6.61 Å². The van der Waals surface area contributed by atoms with Crippen molar-refractivity contribution >= 4 is 17.5 Å². The van der Waals surface area contributed by atoms with Crippen LogP contribution in [0.15, 0.2) is 36.4 Å². The molecule has 1 aliphatic rings. The first kappa shape index (κ1) is 20.7. The number of hydrogen-bond donors (Lipinski definition) is 0. The van der Waals surface area contributed by atoms with E-state index in [0.29, 0.717) is 18.1 Å². The number of carbonyl (C=O) groups is 1. The summed E-state index contributed by atoms with van der Waals surface area (Å²) in [5.74, 6) is 0.757. The molecule has 0 aliphatic carbocycles. The van der Waals surface area contributed by atoms with Crippen LogP contribution in [0.25, 0.3) is 0 Å². The van der Waals surface area contributed by atoms with Crippen LogP contribution in [0.3, 0.4) is 0 Å². The number of ether oxygens (including phenoxy) is 2. The molecule has 2 aromatic carbocycles. The number of halogens is 1. The molecular weight excluding hydrogens is 374 g/mol. The summed E-state index contributed by atoms with van der Waals surface area (Å²) in [5, 5.41) is 0.689. The van der Waals surface area contributed by atoms with Gasteiger partial charge in [-0.15, -0.1) is 0 Å². The molecule has 1 fully saturated rings. The summed E-state index contributed by atoms with van der Waals surface area (Å²) in [6, 6.07) is 11.7. The van der Waals surface area contributed by atoms with E-state index >= 15 is 0 Å². The summed E-state index contributed by atoms with van der Waals surface area (Å²) in [7, 11) is 0. The van der Waals surface area contributed by atoms with Crippen LogP contribution in [-0.4, -0.2) is 36.7 Å². The van der Waals surface area contributed by atoms with E-state index in [2.05, 4.69) is 19.1 Å². The third-order valence-electron chi connectivity index (χ3n) is 5.03. The number of aryl methyl sites for hydroxylation is 3. The molecule has 2 aromatic rings. The van der Waals surface area contributed by atoms with Crippen molar-refractivity contribution in [3.63, 3.8) is 0 Å². The Kier molecular flexibility index (Phi) is 6.97. The lowest BCUT2D eigenvalue weighted by Crippen LogP contribution is -2.39. The molecular formula is C23H28ClNO3. The molecule has 1 aliphatic heterocycles. The third kappa shape index (κ3) is 5.49. The zero-order chi connectivity index (χ0) is 20.1. The van der Waals surface area contributed by atoms with Crippen molar-refractivity contribution in [3.8, 4) is 5.75 Å². The van der Waals surface area contributed by atoms with Crippen molar-refractivity contribution < 1.29 is 14.3 Å². The lowest BCUT2D eigenvalue weighted by molar-refractivity contribution is -0.135. The normalized spacial score (nSPS) is 16.2. The molecule has 0 spiro atoms. The molecule has 4 nitrogen and oxygen atoms in total. The van der Waals surface area contributed by atoms with Gasteiger partial charge in [0.2, 0.25) is 0 Å². The van der Waals surface area contributed by atoms with Crippen molar-refractivity contribution in [1.29, 1.82) is 0 Å².